The van der Waals surface area contributed by atoms with Crippen LogP contribution in [0.2, 0.25) is 0 Å². The molecule has 3 unspecified atom stereocenters. The lowest BCUT2D eigenvalue weighted by atomic mass is 9.33. The fraction of sp³-hybridized carbons (Fsp3) is 0.900. The van der Waals surface area contributed by atoms with E-state index in [0.717, 1.165) is 19.3 Å². The third-order valence-electron chi connectivity index (χ3n) is 14.1. The van der Waals surface area contributed by atoms with E-state index in [0.29, 0.717) is 38.0 Å². The van der Waals surface area contributed by atoms with E-state index < -0.39 is 53.4 Å². The first-order valence-corrected chi connectivity index (χ1v) is 26.1. The number of hydrogen-bond donors (Lipinski definition) is 1. The summed E-state index contributed by atoms with van der Waals surface area (Å²) in [5, 5.41) is 10.7. The molecule has 47 heavy (non-hydrogen) atoms. The predicted octanol–water partition coefficient (Wildman–Crippen LogP) is 12.9. The Bertz CT molecular complexity index is 1380. The smallest absolute Gasteiger partial charge is 0.380 e. The monoisotopic (exact) mass is 836 g/mol. The molecule has 4 saturated carbocycles. The fourth-order valence-electron chi connectivity index (χ4n) is 11.7. The molecule has 0 radical (unpaired) electrons. The van der Waals surface area contributed by atoms with Gasteiger partial charge in [-0.25, -0.2) is 4.89 Å². The van der Waals surface area contributed by atoms with Gasteiger partial charge in [-0.3, -0.25) is 18.4 Å². The van der Waals surface area contributed by atoms with Crippen LogP contribution in [0.1, 0.15) is 92.9 Å². The number of hydrogen-bond acceptors (Lipinski definition) is 7. The fourth-order valence-corrected chi connectivity index (χ4v) is 14.3. The molecule has 5 aliphatic rings. The summed E-state index contributed by atoms with van der Waals surface area (Å²) in [5.41, 5.74) is -1.49. The maximum atomic E-state index is 13.0. The van der Waals surface area contributed by atoms with Gasteiger partial charge in [0.15, 0.2) is 0 Å². The highest BCUT2D eigenvalue weighted by atomic mass is 35.9. The van der Waals surface area contributed by atoms with E-state index in [9.17, 15) is 19.0 Å². The van der Waals surface area contributed by atoms with Crippen LogP contribution in [0.4, 0.5) is 0 Å². The second-order valence-electron chi connectivity index (χ2n) is 15.9. The van der Waals surface area contributed by atoms with Gasteiger partial charge in [0, 0.05) is 5.41 Å². The van der Waals surface area contributed by atoms with E-state index >= 15 is 0 Å². The SMILES string of the molecule is C[C@@H]1CC[C@]2(C(=O)O)CC[C@]3(C)C(=CCC4[C@@]5(C)C[C@@H](OP(=O)(Cl)Cl)[C@H](OP(=O)(Cl)Cl)[C@@](C)(COOP(Cl)Cl)C5CC[C@]43C)C2[C@H]1C. The quantitative estimate of drug-likeness (QED) is 0.106. The van der Waals surface area contributed by atoms with Crippen molar-refractivity contribution >= 4 is 92.4 Å². The van der Waals surface area contributed by atoms with Crippen molar-refractivity contribution < 1.29 is 37.6 Å². The van der Waals surface area contributed by atoms with E-state index in [2.05, 4.69) is 40.7 Å². The third kappa shape index (κ3) is 6.83. The van der Waals surface area contributed by atoms with E-state index in [-0.39, 0.29) is 41.1 Å². The zero-order chi connectivity index (χ0) is 35.2. The van der Waals surface area contributed by atoms with Gasteiger partial charge in [-0.2, -0.15) is 4.67 Å². The van der Waals surface area contributed by atoms with Crippen molar-refractivity contribution in [2.24, 2.45) is 56.7 Å². The molecular formula is C30H45Cl6O8P3. The molecule has 17 heteroatoms. The highest BCUT2D eigenvalue weighted by molar-refractivity contribution is 8.05. The molecule has 0 spiro atoms. The lowest BCUT2D eigenvalue weighted by Crippen LogP contribution is -2.68. The van der Waals surface area contributed by atoms with Crippen molar-refractivity contribution in [2.75, 3.05) is 6.61 Å². The van der Waals surface area contributed by atoms with Gasteiger partial charge in [0.1, 0.15) is 6.10 Å². The van der Waals surface area contributed by atoms with E-state index in [1.807, 2.05) is 6.92 Å². The number of rotatable bonds is 9. The highest BCUT2D eigenvalue weighted by Gasteiger charge is 2.72. The van der Waals surface area contributed by atoms with E-state index in [1.165, 1.54) is 5.57 Å². The Morgan fingerprint density at radius 3 is 2.17 bits per heavy atom. The van der Waals surface area contributed by atoms with Crippen LogP contribution < -0.4 is 0 Å². The summed E-state index contributed by atoms with van der Waals surface area (Å²) < 4.78 is 42.4. The molecule has 0 saturated heterocycles. The molecule has 0 amide bonds. The summed E-state index contributed by atoms with van der Waals surface area (Å²) in [4.78, 5) is 18.6. The molecule has 12 atom stereocenters. The molecule has 1 N–H and O–H groups in total. The summed E-state index contributed by atoms with van der Waals surface area (Å²) in [5.74, 6) is -0.121. The molecule has 0 aromatic rings. The zero-order valence-corrected chi connectivity index (χ0v) is 34.6. The Morgan fingerprint density at radius 2 is 1.60 bits per heavy atom. The van der Waals surface area contributed by atoms with Gasteiger partial charge in [-0.1, -0.05) is 53.2 Å². The van der Waals surface area contributed by atoms with Crippen LogP contribution in [0.3, 0.4) is 0 Å². The molecule has 5 aliphatic carbocycles. The molecule has 270 valence electrons. The Labute approximate surface area is 308 Å². The second kappa shape index (κ2) is 13.5. The van der Waals surface area contributed by atoms with Crippen LogP contribution >= 0.6 is 86.4 Å². The van der Waals surface area contributed by atoms with Gasteiger partial charge in [0.2, 0.25) is 0 Å². The Hall–Kier alpha value is 1.68. The van der Waals surface area contributed by atoms with Gasteiger partial charge in [0.05, 0.1) is 18.1 Å². The van der Waals surface area contributed by atoms with E-state index in [1.54, 1.807) is 0 Å². The second-order valence-corrected chi connectivity index (χ2v) is 27.2. The Kier molecular flexibility index (Phi) is 11.5. The zero-order valence-electron chi connectivity index (χ0n) is 27.4. The lowest BCUT2D eigenvalue weighted by molar-refractivity contribution is -0.281. The lowest BCUT2D eigenvalue weighted by Gasteiger charge is -2.72. The summed E-state index contributed by atoms with van der Waals surface area (Å²) in [6.07, 6.45) is -2.51. The molecule has 0 aromatic carbocycles. The standard InChI is InChI=1S/C30H45Cl6O8P3/c1-17-9-12-30(25(37)38)14-13-28(5)19(23(30)18(17)2)7-8-22-26(3)15-20(42-46(33,34)39)24(43-47(35,36)40)27(4,16-41-44-45(31)32)21(26)10-11-29(22,28)6/h7,17-18,20-24H,8-16H2,1-6H3,(H,37,38)/t17-,18+,20-,21?,22?,23?,24+,26+,27+,28-,29-,30+/m1/s1. The molecule has 5 rings (SSSR count). The number of halogens is 6. The first kappa shape index (κ1) is 39.9. The molecule has 0 aliphatic heterocycles. The minimum atomic E-state index is -4.16. The largest absolute Gasteiger partial charge is 0.481 e. The van der Waals surface area contributed by atoms with Crippen LogP contribution in [-0.2, 0) is 32.5 Å². The van der Waals surface area contributed by atoms with Gasteiger partial charge in [-0.15, -0.1) is 0 Å². The molecule has 8 nitrogen and oxygen atoms in total. The topological polar surface area (TPSA) is 108 Å². The first-order valence-electron chi connectivity index (χ1n) is 16.2. The summed E-state index contributed by atoms with van der Waals surface area (Å²) in [6, 6.07) is 0. The van der Waals surface area contributed by atoms with Gasteiger partial charge < -0.3 is 9.63 Å². The number of carboxylic acids is 1. The summed E-state index contributed by atoms with van der Waals surface area (Å²) in [7, 11) is 0. The molecule has 0 bridgehead atoms. The van der Waals surface area contributed by atoms with Crippen molar-refractivity contribution in [3.8, 4) is 0 Å². The van der Waals surface area contributed by atoms with Gasteiger partial charge in [-0.05, 0) is 165 Å². The van der Waals surface area contributed by atoms with Crippen LogP contribution in [0.25, 0.3) is 0 Å². The highest BCUT2D eigenvalue weighted by Crippen LogP contribution is 2.77. The van der Waals surface area contributed by atoms with Gasteiger partial charge in [0.25, 0.3) is 6.85 Å². The minimum Gasteiger partial charge on any atom is -0.481 e. The average molecular weight is 839 g/mol. The Balaban J connectivity index is 1.63. The van der Waals surface area contributed by atoms with Crippen LogP contribution in [0.15, 0.2) is 11.6 Å². The Morgan fingerprint density at radius 1 is 0.957 bits per heavy atom. The van der Waals surface area contributed by atoms with Crippen LogP contribution in [0.5, 0.6) is 0 Å². The number of aliphatic carboxylic acids is 1. The molecular weight excluding hydrogens is 794 g/mol. The first-order chi connectivity index (χ1) is 21.5. The minimum absolute atomic E-state index is 0.0391. The van der Waals surface area contributed by atoms with Gasteiger partial charge >= 0.3 is 18.1 Å². The van der Waals surface area contributed by atoms with Crippen molar-refractivity contribution in [1.82, 2.24) is 0 Å². The average Bonchev–Trinajstić information content (AvgIpc) is 2.91. The number of fused-ring (bicyclic) bond motifs is 7. The molecule has 0 heterocycles. The third-order valence-corrected chi connectivity index (χ3v) is 16.6. The van der Waals surface area contributed by atoms with Crippen LogP contribution in [-0.4, -0.2) is 29.9 Å². The number of allylic oxidation sites excluding steroid dienone is 2. The van der Waals surface area contributed by atoms with Crippen molar-refractivity contribution in [3.05, 3.63) is 11.6 Å². The van der Waals surface area contributed by atoms with Crippen molar-refractivity contribution in [2.45, 2.75) is 105 Å². The summed E-state index contributed by atoms with van der Waals surface area (Å²) >= 11 is 35.8. The number of carbonyl (C=O) groups is 1. The summed E-state index contributed by atoms with van der Waals surface area (Å²) in [6.45, 7) is 11.3. The molecule has 0 aromatic heterocycles. The van der Waals surface area contributed by atoms with E-state index in [4.69, 9.17) is 86.1 Å². The maximum absolute atomic E-state index is 13.0. The normalized spacial score (nSPS) is 46.9. The number of carboxylic acid groups (broad SMARTS) is 1. The molecule has 4 fully saturated rings. The van der Waals surface area contributed by atoms with Crippen molar-refractivity contribution in [1.29, 1.82) is 0 Å². The predicted molar refractivity (Wildman–Crippen MR) is 190 cm³/mol. The van der Waals surface area contributed by atoms with Crippen molar-refractivity contribution in [3.63, 3.8) is 0 Å². The van der Waals surface area contributed by atoms with Crippen LogP contribution in [0, 0.1) is 56.7 Å². The maximum Gasteiger partial charge on any atom is 0.380 e.